The molecule has 0 spiro atoms. The van der Waals surface area contributed by atoms with Crippen LogP contribution < -0.4 is 16.4 Å². The number of halogens is 1. The molecule has 4 N–H and O–H groups in total. The van der Waals surface area contributed by atoms with Gasteiger partial charge in [0.1, 0.15) is 6.10 Å². The number of carbonyl (C=O) groups is 2. The van der Waals surface area contributed by atoms with Gasteiger partial charge in [-0.25, -0.2) is 0 Å². The summed E-state index contributed by atoms with van der Waals surface area (Å²) in [6, 6.07) is 0. The molecule has 2 heterocycles. The summed E-state index contributed by atoms with van der Waals surface area (Å²) in [7, 11) is 0. The van der Waals surface area contributed by atoms with Gasteiger partial charge in [-0.1, -0.05) is 6.92 Å². The SMILES string of the molecule is CC(CC(=O)NCC1CCC(C(N)=O)O1)C1CCCNC1.Cl. The molecule has 4 atom stereocenters. The Labute approximate surface area is 138 Å². The first kappa shape index (κ1) is 19.2. The number of hydrogen-bond acceptors (Lipinski definition) is 4. The van der Waals surface area contributed by atoms with Gasteiger partial charge in [0.2, 0.25) is 11.8 Å². The van der Waals surface area contributed by atoms with E-state index >= 15 is 0 Å². The van der Waals surface area contributed by atoms with Crippen LogP contribution in [0.2, 0.25) is 0 Å². The highest BCUT2D eigenvalue weighted by Crippen LogP contribution is 2.22. The summed E-state index contributed by atoms with van der Waals surface area (Å²) < 4.78 is 5.50. The molecule has 2 fully saturated rings. The molecule has 0 radical (unpaired) electrons. The van der Waals surface area contributed by atoms with Gasteiger partial charge in [0.25, 0.3) is 0 Å². The molecule has 7 heteroatoms. The Balaban J connectivity index is 0.00000242. The lowest BCUT2D eigenvalue weighted by molar-refractivity contribution is -0.128. The third kappa shape index (κ3) is 5.74. The summed E-state index contributed by atoms with van der Waals surface area (Å²) in [5.74, 6) is 0.633. The second kappa shape index (κ2) is 9.33. The minimum Gasteiger partial charge on any atom is -0.367 e. The number of hydrogen-bond donors (Lipinski definition) is 3. The summed E-state index contributed by atoms with van der Waals surface area (Å²) >= 11 is 0. The van der Waals surface area contributed by atoms with Crippen molar-refractivity contribution >= 4 is 24.2 Å². The number of carbonyl (C=O) groups excluding carboxylic acids is 2. The Morgan fingerprint density at radius 2 is 2.14 bits per heavy atom. The van der Waals surface area contributed by atoms with Crippen molar-refractivity contribution in [2.24, 2.45) is 17.6 Å². The Bertz CT molecular complexity index is 375. The predicted molar refractivity (Wildman–Crippen MR) is 86.7 cm³/mol. The number of nitrogens with two attached hydrogens (primary N) is 1. The minimum atomic E-state index is -0.487. The third-order valence-electron chi connectivity index (χ3n) is 4.60. The first-order chi connectivity index (χ1) is 10.1. The van der Waals surface area contributed by atoms with E-state index in [2.05, 4.69) is 17.6 Å². The lowest BCUT2D eigenvalue weighted by atomic mass is 9.85. The second-order valence-electron chi connectivity index (χ2n) is 6.32. The lowest BCUT2D eigenvalue weighted by Gasteiger charge is -2.28. The molecule has 2 amide bonds. The van der Waals surface area contributed by atoms with Crippen LogP contribution >= 0.6 is 12.4 Å². The molecule has 128 valence electrons. The average molecular weight is 334 g/mol. The standard InChI is InChI=1S/C15H27N3O3.ClH/c1-10(11-3-2-6-17-8-11)7-14(19)18-9-12-4-5-13(21-12)15(16)20;/h10-13,17H,2-9H2,1H3,(H2,16,20)(H,18,19);1H. The zero-order chi connectivity index (χ0) is 15.2. The van der Waals surface area contributed by atoms with Crippen LogP contribution in [-0.2, 0) is 14.3 Å². The summed E-state index contributed by atoms with van der Waals surface area (Å²) in [4.78, 5) is 23.0. The van der Waals surface area contributed by atoms with Gasteiger partial charge in [-0.3, -0.25) is 9.59 Å². The van der Waals surface area contributed by atoms with Gasteiger partial charge in [-0.2, -0.15) is 0 Å². The van der Waals surface area contributed by atoms with Crippen molar-refractivity contribution in [1.29, 1.82) is 0 Å². The van der Waals surface area contributed by atoms with Gasteiger partial charge in [0.15, 0.2) is 0 Å². The van der Waals surface area contributed by atoms with Crippen LogP contribution in [0.5, 0.6) is 0 Å². The van der Waals surface area contributed by atoms with Crippen molar-refractivity contribution in [2.45, 2.75) is 51.2 Å². The Kier molecular flexibility index (Phi) is 8.14. The maximum atomic E-state index is 12.0. The van der Waals surface area contributed by atoms with Gasteiger partial charge in [-0.05, 0) is 50.6 Å². The van der Waals surface area contributed by atoms with Crippen molar-refractivity contribution in [2.75, 3.05) is 19.6 Å². The fourth-order valence-corrected chi connectivity index (χ4v) is 3.19. The maximum Gasteiger partial charge on any atom is 0.246 e. The summed E-state index contributed by atoms with van der Waals surface area (Å²) in [6.45, 7) is 4.72. The van der Waals surface area contributed by atoms with Crippen LogP contribution in [0.25, 0.3) is 0 Å². The molecule has 0 bridgehead atoms. The second-order valence-corrected chi connectivity index (χ2v) is 6.32. The number of ether oxygens (including phenoxy) is 1. The van der Waals surface area contributed by atoms with Crippen molar-refractivity contribution in [3.63, 3.8) is 0 Å². The Morgan fingerprint density at radius 1 is 1.36 bits per heavy atom. The van der Waals surface area contributed by atoms with E-state index in [-0.39, 0.29) is 24.4 Å². The number of primary amides is 1. The molecule has 0 aromatic rings. The van der Waals surface area contributed by atoms with Crippen LogP contribution in [0, 0.1) is 11.8 Å². The van der Waals surface area contributed by atoms with E-state index in [1.807, 2.05) is 0 Å². The van der Waals surface area contributed by atoms with Crippen LogP contribution in [0.1, 0.15) is 39.0 Å². The topological polar surface area (TPSA) is 93.5 Å². The quantitative estimate of drug-likeness (QED) is 0.663. The van der Waals surface area contributed by atoms with Gasteiger partial charge in [0.05, 0.1) is 6.10 Å². The summed E-state index contributed by atoms with van der Waals surface area (Å²) in [5, 5.41) is 6.30. The first-order valence-corrected chi connectivity index (χ1v) is 7.98. The Hall–Kier alpha value is -0.850. The molecule has 0 aliphatic carbocycles. The van der Waals surface area contributed by atoms with Crippen LogP contribution in [-0.4, -0.2) is 43.7 Å². The van der Waals surface area contributed by atoms with Crippen molar-refractivity contribution < 1.29 is 14.3 Å². The van der Waals surface area contributed by atoms with Crippen molar-refractivity contribution in [1.82, 2.24) is 10.6 Å². The molecule has 2 aliphatic heterocycles. The molecular weight excluding hydrogens is 306 g/mol. The average Bonchev–Trinajstić information content (AvgIpc) is 2.95. The molecule has 22 heavy (non-hydrogen) atoms. The highest BCUT2D eigenvalue weighted by atomic mass is 35.5. The van der Waals surface area contributed by atoms with Crippen LogP contribution in [0.15, 0.2) is 0 Å². The van der Waals surface area contributed by atoms with E-state index in [1.54, 1.807) is 0 Å². The van der Waals surface area contributed by atoms with E-state index in [0.29, 0.717) is 31.2 Å². The molecule has 0 aromatic carbocycles. The number of nitrogens with one attached hydrogen (secondary N) is 2. The van der Waals surface area contributed by atoms with E-state index in [0.717, 1.165) is 19.5 Å². The smallest absolute Gasteiger partial charge is 0.246 e. The van der Waals surface area contributed by atoms with E-state index in [1.165, 1.54) is 12.8 Å². The third-order valence-corrected chi connectivity index (χ3v) is 4.60. The normalized spacial score (nSPS) is 29.4. The van der Waals surface area contributed by atoms with Gasteiger partial charge < -0.3 is 21.1 Å². The molecule has 2 rings (SSSR count). The minimum absolute atomic E-state index is 0. The van der Waals surface area contributed by atoms with Gasteiger partial charge >= 0.3 is 0 Å². The number of rotatable bonds is 6. The zero-order valence-corrected chi connectivity index (χ0v) is 14.0. The fraction of sp³-hybridized carbons (Fsp3) is 0.867. The molecule has 2 aliphatic rings. The first-order valence-electron chi connectivity index (χ1n) is 7.98. The monoisotopic (exact) mass is 333 g/mol. The predicted octanol–water partition coefficient (Wildman–Crippen LogP) is 0.583. The molecular formula is C15H28ClN3O3. The maximum absolute atomic E-state index is 12.0. The Morgan fingerprint density at radius 3 is 2.73 bits per heavy atom. The van der Waals surface area contributed by atoms with Gasteiger partial charge in [-0.15, -0.1) is 12.4 Å². The molecule has 2 saturated heterocycles. The van der Waals surface area contributed by atoms with E-state index < -0.39 is 12.0 Å². The molecule has 0 aromatic heterocycles. The van der Waals surface area contributed by atoms with Gasteiger partial charge in [0, 0.05) is 13.0 Å². The van der Waals surface area contributed by atoms with Crippen LogP contribution in [0.3, 0.4) is 0 Å². The van der Waals surface area contributed by atoms with Crippen LogP contribution in [0.4, 0.5) is 0 Å². The molecule has 4 unspecified atom stereocenters. The zero-order valence-electron chi connectivity index (χ0n) is 13.2. The highest BCUT2D eigenvalue weighted by molar-refractivity contribution is 5.85. The summed E-state index contributed by atoms with van der Waals surface area (Å²) in [6.07, 6.45) is 3.81. The fourth-order valence-electron chi connectivity index (χ4n) is 3.19. The van der Waals surface area contributed by atoms with E-state index in [4.69, 9.17) is 10.5 Å². The van der Waals surface area contributed by atoms with E-state index in [9.17, 15) is 9.59 Å². The van der Waals surface area contributed by atoms with Crippen molar-refractivity contribution in [3.8, 4) is 0 Å². The molecule has 0 saturated carbocycles. The molecule has 6 nitrogen and oxygen atoms in total. The highest BCUT2D eigenvalue weighted by Gasteiger charge is 2.29. The largest absolute Gasteiger partial charge is 0.367 e. The summed E-state index contributed by atoms with van der Waals surface area (Å²) in [5.41, 5.74) is 5.21. The van der Waals surface area contributed by atoms with Crippen molar-refractivity contribution in [3.05, 3.63) is 0 Å². The lowest BCUT2D eigenvalue weighted by Crippen LogP contribution is -2.37. The number of amides is 2. The number of piperidine rings is 1.